The number of nitrogens with two attached hydrogens (primary N) is 1. The number of halogens is 2. The molecule has 8 heteroatoms. The molecule has 0 saturated carbocycles. The van der Waals surface area contributed by atoms with Crippen molar-refractivity contribution in [2.45, 2.75) is 18.4 Å². The van der Waals surface area contributed by atoms with Crippen LogP contribution in [0.4, 0.5) is 20.2 Å². The minimum atomic E-state index is -2.86. The lowest BCUT2D eigenvalue weighted by Gasteiger charge is -2.27. The van der Waals surface area contributed by atoms with E-state index in [-0.39, 0.29) is 11.1 Å². The summed E-state index contributed by atoms with van der Waals surface area (Å²) in [6.45, 7) is -2.22. The first kappa shape index (κ1) is 20.1. The molecule has 5 rings (SSSR count). The first-order chi connectivity index (χ1) is 15.1. The van der Waals surface area contributed by atoms with Gasteiger partial charge in [0.05, 0.1) is 11.4 Å². The highest BCUT2D eigenvalue weighted by Crippen LogP contribution is 2.47. The van der Waals surface area contributed by atoms with E-state index in [0.29, 0.717) is 17.9 Å². The van der Waals surface area contributed by atoms with E-state index in [0.717, 1.165) is 28.2 Å². The zero-order chi connectivity index (χ0) is 21.4. The summed E-state index contributed by atoms with van der Waals surface area (Å²) in [7, 11) is 0. The van der Waals surface area contributed by atoms with Gasteiger partial charge in [0.15, 0.2) is 0 Å². The fourth-order valence-electron chi connectivity index (χ4n) is 3.75. The Kier molecular flexibility index (Phi) is 5.41. The predicted molar refractivity (Wildman–Crippen MR) is 125 cm³/mol. The van der Waals surface area contributed by atoms with Crippen LogP contribution in [0, 0.1) is 0 Å². The Morgan fingerprint density at radius 3 is 2.81 bits per heavy atom. The van der Waals surface area contributed by atoms with E-state index in [9.17, 15) is 8.78 Å². The van der Waals surface area contributed by atoms with Crippen LogP contribution in [0.3, 0.4) is 0 Å². The molecule has 0 saturated heterocycles. The van der Waals surface area contributed by atoms with Crippen LogP contribution in [0.15, 0.2) is 75.4 Å². The normalized spacial score (nSPS) is 18.0. The number of ether oxygens (including phenoxy) is 1. The van der Waals surface area contributed by atoms with Crippen LogP contribution >= 0.6 is 23.1 Å². The van der Waals surface area contributed by atoms with E-state index < -0.39 is 6.61 Å². The third kappa shape index (κ3) is 4.05. The summed E-state index contributed by atoms with van der Waals surface area (Å²) in [5.74, 6) is 0.169. The second kappa shape index (κ2) is 8.36. The standard InChI is InChI=1S/C23H19F2N3OS2/c24-23(25)29-20-4-2-1-3-19(20)28-9-7-18-21(12-28)31-22(27-18)16-11-14(5-6-17(16)26)15-8-10-30-13-15/h1-6,8,10-13,22-23H,7,9,26H2. The van der Waals surface area contributed by atoms with E-state index in [1.54, 1.807) is 41.3 Å². The number of aliphatic imine (C=N–C) groups is 1. The molecular formula is C23H19F2N3OS2. The van der Waals surface area contributed by atoms with Gasteiger partial charge in [0, 0.05) is 35.3 Å². The van der Waals surface area contributed by atoms with Crippen LogP contribution in [-0.2, 0) is 0 Å². The van der Waals surface area contributed by atoms with E-state index in [2.05, 4.69) is 22.9 Å². The molecule has 0 radical (unpaired) electrons. The molecule has 0 amide bonds. The smallest absolute Gasteiger partial charge is 0.387 e. The maximum Gasteiger partial charge on any atom is 0.387 e. The molecule has 31 heavy (non-hydrogen) atoms. The minimum absolute atomic E-state index is 0.118. The molecule has 3 heterocycles. The average Bonchev–Trinajstić information content (AvgIpc) is 3.43. The van der Waals surface area contributed by atoms with Crippen molar-refractivity contribution in [3.63, 3.8) is 0 Å². The number of thioether (sulfide) groups is 1. The van der Waals surface area contributed by atoms with Crippen molar-refractivity contribution in [3.05, 3.63) is 76.0 Å². The topological polar surface area (TPSA) is 50.8 Å². The number of alkyl halides is 2. The number of fused-ring (bicyclic) bond motifs is 1. The van der Waals surface area contributed by atoms with Gasteiger partial charge in [-0.2, -0.15) is 20.1 Å². The molecule has 0 bridgehead atoms. The molecule has 2 aliphatic heterocycles. The molecule has 1 aromatic heterocycles. The third-order valence-electron chi connectivity index (χ3n) is 5.26. The number of hydrogen-bond donors (Lipinski definition) is 1. The first-order valence-corrected chi connectivity index (χ1v) is 11.6. The summed E-state index contributed by atoms with van der Waals surface area (Å²) in [5.41, 5.74) is 11.9. The molecule has 0 spiro atoms. The van der Waals surface area contributed by atoms with Crippen LogP contribution < -0.4 is 15.4 Å². The highest BCUT2D eigenvalue weighted by molar-refractivity contribution is 8.04. The van der Waals surface area contributed by atoms with E-state index in [4.69, 9.17) is 15.5 Å². The van der Waals surface area contributed by atoms with Crippen molar-refractivity contribution in [3.8, 4) is 16.9 Å². The van der Waals surface area contributed by atoms with Crippen molar-refractivity contribution in [1.82, 2.24) is 0 Å². The highest BCUT2D eigenvalue weighted by atomic mass is 32.2. The zero-order valence-electron chi connectivity index (χ0n) is 16.4. The van der Waals surface area contributed by atoms with Gasteiger partial charge < -0.3 is 15.4 Å². The monoisotopic (exact) mass is 455 g/mol. The number of benzene rings is 2. The largest absolute Gasteiger partial charge is 0.433 e. The zero-order valence-corrected chi connectivity index (χ0v) is 18.0. The first-order valence-electron chi connectivity index (χ1n) is 9.76. The Morgan fingerprint density at radius 1 is 1.13 bits per heavy atom. The number of nitrogens with zero attached hydrogens (tertiary/aromatic N) is 2. The molecule has 4 nitrogen and oxygen atoms in total. The number of allylic oxidation sites excluding steroid dienone is 1. The molecule has 1 atom stereocenters. The molecule has 0 fully saturated rings. The molecule has 158 valence electrons. The highest BCUT2D eigenvalue weighted by Gasteiger charge is 2.30. The predicted octanol–water partition coefficient (Wildman–Crippen LogP) is 6.54. The quantitative estimate of drug-likeness (QED) is 0.444. The van der Waals surface area contributed by atoms with Gasteiger partial charge in [-0.25, -0.2) is 0 Å². The lowest BCUT2D eigenvalue weighted by Crippen LogP contribution is -2.26. The van der Waals surface area contributed by atoms with Gasteiger partial charge >= 0.3 is 6.61 Å². The summed E-state index contributed by atoms with van der Waals surface area (Å²) >= 11 is 3.30. The summed E-state index contributed by atoms with van der Waals surface area (Å²) in [5, 5.41) is 4.05. The molecule has 0 aliphatic carbocycles. The summed E-state index contributed by atoms with van der Waals surface area (Å²) < 4.78 is 30.3. The SMILES string of the molecule is Nc1ccc(-c2ccsc2)cc1C1N=C2CCN(c3ccccc3OC(F)F)C=C2S1. The lowest BCUT2D eigenvalue weighted by atomic mass is 10.0. The van der Waals surface area contributed by atoms with Crippen molar-refractivity contribution in [1.29, 1.82) is 0 Å². The summed E-state index contributed by atoms with van der Waals surface area (Å²) in [6.07, 6.45) is 2.70. The Balaban J connectivity index is 1.42. The van der Waals surface area contributed by atoms with E-state index in [1.165, 1.54) is 5.56 Å². The van der Waals surface area contributed by atoms with E-state index in [1.807, 2.05) is 29.3 Å². The molecule has 3 aromatic rings. The number of anilines is 2. The average molecular weight is 456 g/mol. The Bertz CT molecular complexity index is 1160. The number of hydrogen-bond acceptors (Lipinski definition) is 6. The Hall–Kier alpha value is -2.84. The van der Waals surface area contributed by atoms with Crippen LogP contribution in [0.1, 0.15) is 17.4 Å². The van der Waals surface area contributed by atoms with Crippen molar-refractivity contribution in [2.24, 2.45) is 4.99 Å². The Labute approximate surface area is 187 Å². The number of rotatable bonds is 5. The number of thiophene rings is 1. The number of nitrogen functional groups attached to an aromatic ring is 1. The molecule has 1 unspecified atom stereocenters. The second-order valence-electron chi connectivity index (χ2n) is 7.18. The van der Waals surface area contributed by atoms with Crippen molar-refractivity contribution >= 4 is 40.2 Å². The summed E-state index contributed by atoms with van der Waals surface area (Å²) in [6, 6.07) is 15.0. The van der Waals surface area contributed by atoms with Gasteiger partial charge in [-0.1, -0.05) is 30.0 Å². The van der Waals surface area contributed by atoms with Gasteiger partial charge in [-0.15, -0.1) is 0 Å². The lowest BCUT2D eigenvalue weighted by molar-refractivity contribution is -0.0494. The summed E-state index contributed by atoms with van der Waals surface area (Å²) in [4.78, 5) is 7.90. The minimum Gasteiger partial charge on any atom is -0.433 e. The van der Waals surface area contributed by atoms with Gasteiger partial charge in [0.2, 0.25) is 0 Å². The van der Waals surface area contributed by atoms with Crippen LogP contribution in [0.2, 0.25) is 0 Å². The van der Waals surface area contributed by atoms with Gasteiger partial charge in [-0.05, 0) is 52.2 Å². The maximum absolute atomic E-state index is 12.8. The fourth-order valence-corrected chi connectivity index (χ4v) is 5.65. The molecular weight excluding hydrogens is 436 g/mol. The van der Waals surface area contributed by atoms with Gasteiger partial charge in [0.25, 0.3) is 0 Å². The van der Waals surface area contributed by atoms with Gasteiger partial charge in [-0.3, -0.25) is 4.99 Å². The number of para-hydroxylation sites is 2. The van der Waals surface area contributed by atoms with Crippen LogP contribution in [-0.4, -0.2) is 18.9 Å². The molecule has 2 aliphatic rings. The molecule has 2 aromatic carbocycles. The van der Waals surface area contributed by atoms with Crippen molar-refractivity contribution < 1.29 is 13.5 Å². The third-order valence-corrected chi connectivity index (χ3v) is 7.12. The van der Waals surface area contributed by atoms with Crippen molar-refractivity contribution in [2.75, 3.05) is 17.2 Å². The van der Waals surface area contributed by atoms with Crippen LogP contribution in [0.25, 0.3) is 11.1 Å². The second-order valence-corrected chi connectivity index (χ2v) is 9.09. The Morgan fingerprint density at radius 2 is 2.00 bits per heavy atom. The maximum atomic E-state index is 12.8. The van der Waals surface area contributed by atoms with Gasteiger partial charge in [0.1, 0.15) is 11.1 Å². The van der Waals surface area contributed by atoms with Crippen LogP contribution in [0.5, 0.6) is 5.75 Å². The fraction of sp³-hybridized carbons (Fsp3) is 0.174. The molecule has 2 N–H and O–H groups in total. The van der Waals surface area contributed by atoms with E-state index >= 15 is 0 Å².